The molecule has 0 unspecified atom stereocenters. The number of rotatable bonds is 5. The Kier molecular flexibility index (Phi) is 5.48. The van der Waals surface area contributed by atoms with E-state index in [9.17, 15) is 18.4 Å². The third-order valence-electron chi connectivity index (χ3n) is 4.10. The lowest BCUT2D eigenvalue weighted by Crippen LogP contribution is -2.21. The Morgan fingerprint density at radius 3 is 2.86 bits per heavy atom. The second-order valence-electron chi connectivity index (χ2n) is 6.03. The van der Waals surface area contributed by atoms with Gasteiger partial charge in [0, 0.05) is 28.9 Å². The van der Waals surface area contributed by atoms with E-state index in [-0.39, 0.29) is 17.0 Å². The van der Waals surface area contributed by atoms with E-state index in [2.05, 4.69) is 10.3 Å². The van der Waals surface area contributed by atoms with E-state index >= 15 is 0 Å². The van der Waals surface area contributed by atoms with Crippen LogP contribution in [0, 0.1) is 11.6 Å². The number of thioether (sulfide) groups is 1. The zero-order valence-corrected chi connectivity index (χ0v) is 17.4. The summed E-state index contributed by atoms with van der Waals surface area (Å²) in [5.41, 5.74) is 0.425. The van der Waals surface area contributed by atoms with Crippen molar-refractivity contribution in [2.24, 2.45) is 7.05 Å². The van der Waals surface area contributed by atoms with E-state index in [1.165, 1.54) is 15.9 Å². The van der Waals surface area contributed by atoms with E-state index in [1.807, 2.05) is 22.9 Å². The number of nitrogens with one attached hydrogen (secondary N) is 1. The van der Waals surface area contributed by atoms with Crippen molar-refractivity contribution in [1.82, 2.24) is 9.55 Å². The monoisotopic (exact) mass is 449 g/mol. The maximum atomic E-state index is 13.7. The topological polar surface area (TPSA) is 64.0 Å². The molecule has 4 rings (SSSR count). The van der Waals surface area contributed by atoms with Crippen molar-refractivity contribution in [3.05, 3.63) is 63.1 Å². The number of benzene rings is 1. The van der Waals surface area contributed by atoms with Crippen molar-refractivity contribution in [2.75, 3.05) is 11.1 Å². The van der Waals surface area contributed by atoms with Gasteiger partial charge in [0.05, 0.1) is 16.8 Å². The van der Waals surface area contributed by atoms with Gasteiger partial charge < -0.3 is 5.32 Å². The minimum absolute atomic E-state index is 0.106. The van der Waals surface area contributed by atoms with Gasteiger partial charge in [-0.05, 0) is 23.6 Å². The van der Waals surface area contributed by atoms with Gasteiger partial charge in [0.1, 0.15) is 16.5 Å². The van der Waals surface area contributed by atoms with Crippen molar-refractivity contribution in [1.29, 1.82) is 0 Å². The summed E-state index contributed by atoms with van der Waals surface area (Å²) in [5.74, 6) is -2.01. The summed E-state index contributed by atoms with van der Waals surface area (Å²) >= 11 is 3.97. The van der Waals surface area contributed by atoms with Crippen LogP contribution in [0.1, 0.15) is 0 Å². The van der Waals surface area contributed by atoms with Gasteiger partial charge in [-0.25, -0.2) is 13.8 Å². The molecule has 0 saturated heterocycles. The maximum Gasteiger partial charge on any atom is 0.263 e. The highest BCUT2D eigenvalue weighted by Crippen LogP contribution is 2.34. The van der Waals surface area contributed by atoms with Crippen molar-refractivity contribution < 1.29 is 13.6 Å². The molecule has 0 aliphatic heterocycles. The van der Waals surface area contributed by atoms with Gasteiger partial charge in [-0.1, -0.05) is 17.8 Å². The molecule has 10 heteroatoms. The Bertz CT molecular complexity index is 1270. The number of aromatic nitrogens is 2. The zero-order chi connectivity index (χ0) is 20.5. The molecule has 3 heterocycles. The number of nitrogens with zero attached hydrogens (tertiary/aromatic N) is 2. The van der Waals surface area contributed by atoms with Crippen LogP contribution in [0.2, 0.25) is 0 Å². The van der Waals surface area contributed by atoms with E-state index in [0.29, 0.717) is 15.4 Å². The number of hydrogen-bond acceptors (Lipinski definition) is 6. The van der Waals surface area contributed by atoms with Crippen LogP contribution >= 0.6 is 34.4 Å². The Balaban J connectivity index is 1.56. The van der Waals surface area contributed by atoms with Gasteiger partial charge in [0.2, 0.25) is 5.91 Å². The molecule has 1 N–H and O–H groups in total. The number of carbonyl (C=O) groups excluding carboxylic acids is 1. The summed E-state index contributed by atoms with van der Waals surface area (Å²) < 4.78 is 28.3. The first kappa shape index (κ1) is 19.7. The third-order valence-corrected chi connectivity index (χ3v) is 6.90. The average Bonchev–Trinajstić information content (AvgIpc) is 3.36. The fourth-order valence-corrected chi connectivity index (χ4v) is 5.28. The van der Waals surface area contributed by atoms with Crippen molar-refractivity contribution in [2.45, 2.75) is 5.16 Å². The molecule has 29 heavy (non-hydrogen) atoms. The van der Waals surface area contributed by atoms with Gasteiger partial charge in [0.25, 0.3) is 5.56 Å². The Hall–Kier alpha value is -2.56. The van der Waals surface area contributed by atoms with Crippen LogP contribution in [-0.4, -0.2) is 21.2 Å². The molecule has 0 atom stereocenters. The van der Waals surface area contributed by atoms with Crippen LogP contribution in [0.3, 0.4) is 0 Å². The molecular weight excluding hydrogens is 436 g/mol. The molecule has 0 fully saturated rings. The van der Waals surface area contributed by atoms with E-state index < -0.39 is 17.5 Å². The quantitative estimate of drug-likeness (QED) is 0.353. The number of fused-ring (bicyclic) bond motifs is 1. The van der Waals surface area contributed by atoms with Crippen LogP contribution in [-0.2, 0) is 11.8 Å². The molecule has 4 aromatic rings. The van der Waals surface area contributed by atoms with Gasteiger partial charge in [-0.2, -0.15) is 0 Å². The minimum atomic E-state index is -0.726. The van der Waals surface area contributed by atoms with Crippen LogP contribution in [0.15, 0.2) is 51.0 Å². The first-order chi connectivity index (χ1) is 13.9. The SMILES string of the molecule is Cn1c(SCC(=O)Nc2cc(F)ccc2F)nc2scc(-c3cccs3)c2c1=O. The standard InChI is InChI=1S/C19H13F2N3O2S3/c1-24-18(26)16-11(14-3-2-6-27-14)8-28-17(16)23-19(24)29-9-15(25)22-13-7-10(20)4-5-12(13)21/h2-8H,9H2,1H3,(H,22,25). The van der Waals surface area contributed by atoms with E-state index in [1.54, 1.807) is 18.4 Å². The van der Waals surface area contributed by atoms with Crippen molar-refractivity contribution >= 4 is 56.2 Å². The molecule has 0 aliphatic rings. The van der Waals surface area contributed by atoms with Crippen LogP contribution in [0.25, 0.3) is 20.7 Å². The first-order valence-electron chi connectivity index (χ1n) is 8.34. The predicted molar refractivity (Wildman–Crippen MR) is 114 cm³/mol. The molecule has 148 valence electrons. The summed E-state index contributed by atoms with van der Waals surface area (Å²) in [5, 5.41) is 7.10. The van der Waals surface area contributed by atoms with Gasteiger partial charge in [0.15, 0.2) is 5.16 Å². The minimum Gasteiger partial charge on any atom is -0.323 e. The second-order valence-corrected chi connectivity index (χ2v) is 8.77. The molecule has 0 bridgehead atoms. The average molecular weight is 450 g/mol. The predicted octanol–water partition coefficient (Wildman–Crippen LogP) is 4.73. The van der Waals surface area contributed by atoms with Gasteiger partial charge in [-0.3, -0.25) is 14.2 Å². The molecule has 1 aromatic carbocycles. The number of carbonyl (C=O) groups is 1. The highest BCUT2D eigenvalue weighted by Gasteiger charge is 2.17. The lowest BCUT2D eigenvalue weighted by molar-refractivity contribution is -0.113. The third kappa shape index (κ3) is 3.96. The van der Waals surface area contributed by atoms with Crippen LogP contribution in [0.4, 0.5) is 14.5 Å². The van der Waals surface area contributed by atoms with Crippen LogP contribution in [0.5, 0.6) is 0 Å². The smallest absolute Gasteiger partial charge is 0.263 e. The van der Waals surface area contributed by atoms with Crippen molar-refractivity contribution in [3.8, 4) is 10.4 Å². The molecular formula is C19H13F2N3O2S3. The van der Waals surface area contributed by atoms with Gasteiger partial charge in [-0.15, -0.1) is 22.7 Å². The number of amides is 1. The molecule has 0 aliphatic carbocycles. The Morgan fingerprint density at radius 2 is 2.10 bits per heavy atom. The summed E-state index contributed by atoms with van der Waals surface area (Å²) in [6, 6.07) is 6.70. The molecule has 3 aromatic heterocycles. The summed E-state index contributed by atoms with van der Waals surface area (Å²) in [4.78, 5) is 31.1. The molecule has 0 radical (unpaired) electrons. The molecule has 0 saturated carbocycles. The molecule has 1 amide bonds. The number of hydrogen-bond donors (Lipinski definition) is 1. The maximum absolute atomic E-state index is 13.7. The first-order valence-corrected chi connectivity index (χ1v) is 11.1. The fourth-order valence-electron chi connectivity index (χ4n) is 2.71. The second kappa shape index (κ2) is 8.05. The highest BCUT2D eigenvalue weighted by atomic mass is 32.2. The summed E-state index contributed by atoms with van der Waals surface area (Å²) in [7, 11) is 1.59. The van der Waals surface area contributed by atoms with Crippen LogP contribution < -0.4 is 10.9 Å². The molecule has 0 spiro atoms. The Morgan fingerprint density at radius 1 is 1.28 bits per heavy atom. The number of thiophene rings is 2. The zero-order valence-electron chi connectivity index (χ0n) is 14.9. The normalized spacial score (nSPS) is 11.1. The summed E-state index contributed by atoms with van der Waals surface area (Å²) in [6.45, 7) is 0. The van der Waals surface area contributed by atoms with Gasteiger partial charge >= 0.3 is 0 Å². The van der Waals surface area contributed by atoms with E-state index in [0.717, 1.165) is 40.4 Å². The lowest BCUT2D eigenvalue weighted by Gasteiger charge is -2.09. The van der Waals surface area contributed by atoms with E-state index in [4.69, 9.17) is 0 Å². The van der Waals surface area contributed by atoms with Crippen molar-refractivity contribution in [3.63, 3.8) is 0 Å². The number of anilines is 1. The fraction of sp³-hybridized carbons (Fsp3) is 0.105. The number of halogens is 2. The largest absolute Gasteiger partial charge is 0.323 e. The molecule has 5 nitrogen and oxygen atoms in total. The summed E-state index contributed by atoms with van der Waals surface area (Å²) in [6.07, 6.45) is 0. The lowest BCUT2D eigenvalue weighted by atomic mass is 10.2. The highest BCUT2D eigenvalue weighted by molar-refractivity contribution is 7.99. The Labute approximate surface area is 176 Å².